The first-order valence-electron chi connectivity index (χ1n) is 7.48. The second-order valence-corrected chi connectivity index (χ2v) is 8.20. The molecule has 0 atom stereocenters. The van der Waals surface area contributed by atoms with Crippen molar-refractivity contribution >= 4 is 26.0 Å². The summed E-state index contributed by atoms with van der Waals surface area (Å²) in [6.45, 7) is 6.74. The summed E-state index contributed by atoms with van der Waals surface area (Å²) < 4.78 is 27.7. The van der Waals surface area contributed by atoms with Crippen LogP contribution in [0.2, 0.25) is 0 Å². The van der Waals surface area contributed by atoms with E-state index in [1.54, 1.807) is 10.4 Å². The second kappa shape index (κ2) is 7.22. The summed E-state index contributed by atoms with van der Waals surface area (Å²) in [4.78, 5) is 0.366. The molecule has 1 aromatic carbocycles. The van der Waals surface area contributed by atoms with E-state index in [0.29, 0.717) is 28.4 Å². The van der Waals surface area contributed by atoms with Gasteiger partial charge < -0.3 is 5.32 Å². The van der Waals surface area contributed by atoms with E-state index in [1.165, 1.54) is 0 Å². The molecule has 0 bridgehead atoms. The molecule has 0 saturated heterocycles. The maximum absolute atomic E-state index is 12.8. The van der Waals surface area contributed by atoms with Gasteiger partial charge in [0, 0.05) is 24.1 Å². The van der Waals surface area contributed by atoms with Gasteiger partial charge in [-0.2, -0.15) is 4.31 Å². The molecule has 118 valence electrons. The van der Waals surface area contributed by atoms with Crippen LogP contribution in [0.5, 0.6) is 0 Å². The fraction of sp³-hybridized carbons (Fsp3) is 0.600. The zero-order valence-corrected chi connectivity index (χ0v) is 15.0. The third kappa shape index (κ3) is 4.28. The van der Waals surface area contributed by atoms with Gasteiger partial charge in [-0.15, -0.1) is 0 Å². The first kappa shape index (κ1) is 16.9. The summed E-state index contributed by atoms with van der Waals surface area (Å²) >= 11 is 3.42. The lowest BCUT2D eigenvalue weighted by Gasteiger charge is -2.21. The number of hydrogen-bond acceptors (Lipinski definition) is 3. The molecule has 0 aromatic heterocycles. The average molecular weight is 375 g/mol. The fourth-order valence-corrected chi connectivity index (χ4v) is 4.87. The van der Waals surface area contributed by atoms with Crippen molar-refractivity contribution in [3.05, 3.63) is 28.2 Å². The van der Waals surface area contributed by atoms with Crippen LogP contribution >= 0.6 is 15.9 Å². The molecule has 0 heterocycles. The Bertz CT molecular complexity index is 585. The van der Waals surface area contributed by atoms with Gasteiger partial charge in [0.15, 0.2) is 0 Å². The summed E-state index contributed by atoms with van der Waals surface area (Å²) in [7, 11) is -3.41. The first-order chi connectivity index (χ1) is 9.98. The normalized spacial score (nSPS) is 15.6. The molecule has 0 amide bonds. The van der Waals surface area contributed by atoms with Gasteiger partial charge in [0.1, 0.15) is 0 Å². The van der Waals surface area contributed by atoms with Crippen LogP contribution in [-0.4, -0.2) is 32.4 Å². The van der Waals surface area contributed by atoms with Crippen LogP contribution in [0.3, 0.4) is 0 Å². The number of halogens is 1. The Kier molecular flexibility index (Phi) is 5.82. The summed E-state index contributed by atoms with van der Waals surface area (Å²) in [5, 5.41) is 3.24. The highest BCUT2D eigenvalue weighted by Gasteiger charge is 2.31. The first-order valence-corrected chi connectivity index (χ1v) is 9.71. The minimum atomic E-state index is -3.41. The second-order valence-electron chi connectivity index (χ2n) is 5.44. The van der Waals surface area contributed by atoms with E-state index in [9.17, 15) is 8.42 Å². The molecule has 21 heavy (non-hydrogen) atoms. The van der Waals surface area contributed by atoms with E-state index in [2.05, 4.69) is 21.2 Å². The van der Waals surface area contributed by atoms with E-state index in [1.807, 2.05) is 26.0 Å². The molecular formula is C15H23BrN2O2S. The molecule has 0 aliphatic heterocycles. The zero-order valence-electron chi connectivity index (χ0n) is 12.6. The molecule has 6 heteroatoms. The maximum Gasteiger partial charge on any atom is 0.244 e. The van der Waals surface area contributed by atoms with Gasteiger partial charge in [-0.1, -0.05) is 19.9 Å². The van der Waals surface area contributed by atoms with Gasteiger partial charge in [-0.25, -0.2) is 8.42 Å². The highest BCUT2D eigenvalue weighted by atomic mass is 79.9. The minimum Gasteiger partial charge on any atom is -0.313 e. The predicted molar refractivity (Wildman–Crippen MR) is 88.7 cm³/mol. The van der Waals surface area contributed by atoms with E-state index < -0.39 is 10.0 Å². The van der Waals surface area contributed by atoms with E-state index in [-0.39, 0.29) is 0 Å². The Morgan fingerprint density at radius 2 is 2.05 bits per heavy atom. The molecule has 0 spiro atoms. The topological polar surface area (TPSA) is 49.4 Å². The molecular weight excluding hydrogens is 352 g/mol. The van der Waals surface area contributed by atoms with E-state index in [0.717, 1.165) is 31.5 Å². The van der Waals surface area contributed by atoms with E-state index in [4.69, 9.17) is 0 Å². The van der Waals surface area contributed by atoms with Gasteiger partial charge in [-0.3, -0.25) is 0 Å². The third-order valence-corrected chi connectivity index (χ3v) is 6.62. The highest BCUT2D eigenvalue weighted by Crippen LogP contribution is 2.33. The quantitative estimate of drug-likeness (QED) is 0.760. The third-order valence-electron chi connectivity index (χ3n) is 3.70. The number of benzene rings is 1. The lowest BCUT2D eigenvalue weighted by Crippen LogP contribution is -2.33. The summed E-state index contributed by atoms with van der Waals surface area (Å²) in [5.41, 5.74) is 1.08. The predicted octanol–water partition coefficient (Wildman–Crippen LogP) is 2.98. The van der Waals surface area contributed by atoms with Crippen LogP contribution < -0.4 is 5.32 Å². The van der Waals surface area contributed by atoms with Gasteiger partial charge in [0.25, 0.3) is 0 Å². The lowest BCUT2D eigenvalue weighted by atomic mass is 10.2. The van der Waals surface area contributed by atoms with Crippen molar-refractivity contribution in [2.75, 3.05) is 19.6 Å². The molecule has 1 aromatic rings. The Labute approximate surface area is 136 Å². The number of nitrogens with zero attached hydrogens (tertiary/aromatic N) is 1. The number of hydrogen-bond donors (Lipinski definition) is 1. The lowest BCUT2D eigenvalue weighted by molar-refractivity contribution is 0.411. The van der Waals surface area contributed by atoms with Crippen LogP contribution in [-0.2, 0) is 16.6 Å². The Hall–Kier alpha value is -0.430. The molecule has 1 saturated carbocycles. The molecule has 0 unspecified atom stereocenters. The van der Waals surface area contributed by atoms with E-state index >= 15 is 0 Å². The number of sulfonamides is 1. The summed E-state index contributed by atoms with van der Waals surface area (Å²) in [5.74, 6) is 0.548. The van der Waals surface area contributed by atoms with Gasteiger partial charge in [-0.05, 0) is 58.9 Å². The van der Waals surface area contributed by atoms with Crippen molar-refractivity contribution in [3.8, 4) is 0 Å². The Morgan fingerprint density at radius 3 is 2.57 bits per heavy atom. The van der Waals surface area contributed by atoms with Crippen LogP contribution in [0.15, 0.2) is 27.6 Å². The summed E-state index contributed by atoms with van der Waals surface area (Å²) in [6, 6.07) is 5.48. The van der Waals surface area contributed by atoms with Crippen molar-refractivity contribution in [1.82, 2.24) is 9.62 Å². The monoisotopic (exact) mass is 374 g/mol. The van der Waals surface area contributed by atoms with Crippen molar-refractivity contribution in [1.29, 1.82) is 0 Å². The van der Waals surface area contributed by atoms with Crippen LogP contribution in [0.4, 0.5) is 0 Å². The van der Waals surface area contributed by atoms with Crippen molar-refractivity contribution in [3.63, 3.8) is 0 Å². The molecule has 1 fully saturated rings. The van der Waals surface area contributed by atoms with Crippen LogP contribution in [0.1, 0.15) is 32.3 Å². The van der Waals surface area contributed by atoms with Gasteiger partial charge in [0.05, 0.1) is 4.90 Å². The maximum atomic E-state index is 12.8. The SMILES string of the molecule is CCNCc1ccc(S(=O)(=O)N(CC)CC2CC2)c(Br)c1. The zero-order chi connectivity index (χ0) is 15.5. The Morgan fingerprint density at radius 1 is 1.33 bits per heavy atom. The molecule has 1 N–H and O–H groups in total. The molecule has 2 rings (SSSR count). The average Bonchev–Trinajstić information content (AvgIpc) is 3.26. The molecule has 4 nitrogen and oxygen atoms in total. The molecule has 0 radical (unpaired) electrons. The Balaban J connectivity index is 2.21. The largest absolute Gasteiger partial charge is 0.313 e. The van der Waals surface area contributed by atoms with Crippen LogP contribution in [0.25, 0.3) is 0 Å². The number of nitrogens with one attached hydrogen (secondary N) is 1. The van der Waals surface area contributed by atoms with Gasteiger partial charge in [0.2, 0.25) is 10.0 Å². The summed E-state index contributed by atoms with van der Waals surface area (Å²) in [6.07, 6.45) is 2.30. The van der Waals surface area contributed by atoms with Crippen molar-refractivity contribution in [2.45, 2.75) is 38.1 Å². The smallest absolute Gasteiger partial charge is 0.244 e. The standard InChI is InChI=1S/C15H23BrN2O2S/c1-3-17-10-13-7-8-15(14(16)9-13)21(19,20)18(4-2)11-12-5-6-12/h7-9,12,17H,3-6,10-11H2,1-2H3. The fourth-order valence-electron chi connectivity index (χ4n) is 2.26. The minimum absolute atomic E-state index is 0.366. The number of rotatable bonds is 8. The van der Waals surface area contributed by atoms with Crippen molar-refractivity contribution < 1.29 is 8.42 Å². The molecule has 1 aliphatic carbocycles. The molecule has 1 aliphatic rings. The highest BCUT2D eigenvalue weighted by molar-refractivity contribution is 9.10. The van der Waals surface area contributed by atoms with Crippen LogP contribution in [0, 0.1) is 5.92 Å². The van der Waals surface area contributed by atoms with Gasteiger partial charge >= 0.3 is 0 Å². The van der Waals surface area contributed by atoms with Crippen molar-refractivity contribution in [2.24, 2.45) is 5.92 Å².